The van der Waals surface area contributed by atoms with Gasteiger partial charge in [-0.25, -0.2) is 9.97 Å². The Hall–Kier alpha value is -2.58. The van der Waals surface area contributed by atoms with Gasteiger partial charge in [0.1, 0.15) is 6.33 Å². The van der Waals surface area contributed by atoms with Crippen LogP contribution < -0.4 is 5.56 Å². The van der Waals surface area contributed by atoms with Crippen molar-refractivity contribution in [1.29, 1.82) is 0 Å². The molecule has 0 N–H and O–H groups in total. The summed E-state index contributed by atoms with van der Waals surface area (Å²) in [6, 6.07) is 3.61. The summed E-state index contributed by atoms with van der Waals surface area (Å²) < 4.78 is 7.33. The molecule has 8 heteroatoms. The number of fused-ring (bicyclic) bond motifs is 1. The van der Waals surface area contributed by atoms with Crippen LogP contribution in [0.5, 0.6) is 0 Å². The number of ether oxygens (including phenoxy) is 1. The maximum atomic E-state index is 12.8. The van der Waals surface area contributed by atoms with Crippen LogP contribution in [0.15, 0.2) is 35.6 Å². The van der Waals surface area contributed by atoms with Crippen molar-refractivity contribution in [3.05, 3.63) is 58.0 Å². The molecule has 0 bridgehead atoms. The normalized spacial score (nSPS) is 17.4. The Morgan fingerprint density at radius 3 is 2.57 bits per heavy atom. The lowest BCUT2D eigenvalue weighted by atomic mass is 10.1. The third-order valence-corrected chi connectivity index (χ3v) is 6.00. The summed E-state index contributed by atoms with van der Waals surface area (Å²) in [5, 5.41) is 0. The monoisotopic (exact) mass is 411 g/mol. The van der Waals surface area contributed by atoms with E-state index in [4.69, 9.17) is 4.74 Å². The number of rotatable bonds is 6. The number of nitrogens with zero attached hydrogens (tertiary/aromatic N) is 5. The molecule has 4 heterocycles. The highest BCUT2D eigenvalue weighted by atomic mass is 16.5. The molecule has 2 aromatic heterocycles. The van der Waals surface area contributed by atoms with Gasteiger partial charge in [-0.15, -0.1) is 0 Å². The maximum absolute atomic E-state index is 12.8. The number of aromatic nitrogens is 3. The summed E-state index contributed by atoms with van der Waals surface area (Å²) in [6.07, 6.45) is 7.61. The highest BCUT2D eigenvalue weighted by Gasteiger charge is 2.21. The van der Waals surface area contributed by atoms with E-state index in [1.165, 1.54) is 11.9 Å². The van der Waals surface area contributed by atoms with Crippen LogP contribution in [-0.4, -0.2) is 76.2 Å². The number of carbonyl (C=O) groups is 1. The van der Waals surface area contributed by atoms with E-state index < -0.39 is 0 Å². The van der Waals surface area contributed by atoms with Crippen LogP contribution in [0, 0.1) is 0 Å². The highest BCUT2D eigenvalue weighted by Crippen LogP contribution is 2.16. The number of carbonyl (C=O) groups excluding carboxylic acids is 1. The van der Waals surface area contributed by atoms with E-state index in [1.807, 2.05) is 15.5 Å². The Bertz CT molecular complexity index is 909. The predicted molar refractivity (Wildman–Crippen MR) is 112 cm³/mol. The smallest absolute Gasteiger partial charge is 0.250 e. The first kappa shape index (κ1) is 20.7. The summed E-state index contributed by atoms with van der Waals surface area (Å²) in [6.45, 7) is 6.22. The molecule has 0 spiro atoms. The molecular formula is C22H29N5O3. The van der Waals surface area contributed by atoms with Crippen molar-refractivity contribution >= 4 is 5.91 Å². The molecular weight excluding hydrogens is 382 g/mol. The van der Waals surface area contributed by atoms with Crippen molar-refractivity contribution < 1.29 is 9.53 Å². The zero-order chi connectivity index (χ0) is 20.8. The van der Waals surface area contributed by atoms with Crippen LogP contribution in [0.3, 0.4) is 0 Å². The number of hydrogen-bond donors (Lipinski definition) is 0. The second-order valence-electron chi connectivity index (χ2n) is 7.88. The molecule has 0 atom stereocenters. The Balaban J connectivity index is 1.38. The molecule has 0 radical (unpaired) electrons. The van der Waals surface area contributed by atoms with E-state index in [2.05, 4.69) is 14.9 Å². The van der Waals surface area contributed by atoms with Gasteiger partial charge in [-0.3, -0.25) is 14.5 Å². The average molecular weight is 412 g/mol. The minimum Gasteiger partial charge on any atom is -0.379 e. The van der Waals surface area contributed by atoms with Gasteiger partial charge >= 0.3 is 0 Å². The van der Waals surface area contributed by atoms with Gasteiger partial charge in [0.25, 0.3) is 5.56 Å². The fraction of sp³-hybridized carbons (Fsp3) is 0.545. The zero-order valence-corrected chi connectivity index (χ0v) is 17.3. The van der Waals surface area contributed by atoms with E-state index >= 15 is 0 Å². The third kappa shape index (κ3) is 5.12. The van der Waals surface area contributed by atoms with Crippen molar-refractivity contribution in [2.24, 2.45) is 0 Å². The lowest BCUT2D eigenvalue weighted by Crippen LogP contribution is -2.40. The van der Waals surface area contributed by atoms with Crippen molar-refractivity contribution in [3.63, 3.8) is 0 Å². The molecule has 2 aliphatic heterocycles. The van der Waals surface area contributed by atoms with E-state index in [9.17, 15) is 9.59 Å². The molecule has 1 fully saturated rings. The van der Waals surface area contributed by atoms with Crippen molar-refractivity contribution in [1.82, 2.24) is 24.3 Å². The van der Waals surface area contributed by atoms with Crippen molar-refractivity contribution in [3.8, 4) is 0 Å². The van der Waals surface area contributed by atoms with Gasteiger partial charge in [-0.05, 0) is 24.0 Å². The number of hydrogen-bond acceptors (Lipinski definition) is 6. The van der Waals surface area contributed by atoms with Crippen LogP contribution >= 0.6 is 0 Å². The number of aryl methyl sites for hydroxylation is 1. The molecule has 30 heavy (non-hydrogen) atoms. The second kappa shape index (κ2) is 9.95. The Labute approximate surface area is 176 Å². The van der Waals surface area contributed by atoms with Gasteiger partial charge in [-0.2, -0.15) is 0 Å². The lowest BCUT2D eigenvalue weighted by Gasteiger charge is -2.27. The first-order chi connectivity index (χ1) is 14.7. The minimum absolute atomic E-state index is 0.0471. The molecule has 0 aliphatic carbocycles. The van der Waals surface area contributed by atoms with Crippen LogP contribution in [0.2, 0.25) is 0 Å². The first-order valence-electron chi connectivity index (χ1n) is 10.7. The fourth-order valence-electron chi connectivity index (χ4n) is 4.22. The molecule has 2 aromatic rings. The average Bonchev–Trinajstić information content (AvgIpc) is 3.01. The van der Waals surface area contributed by atoms with Gasteiger partial charge in [0, 0.05) is 76.3 Å². The predicted octanol–water partition coefficient (Wildman–Crippen LogP) is 0.531. The van der Waals surface area contributed by atoms with Gasteiger partial charge < -0.3 is 14.2 Å². The molecule has 0 unspecified atom stereocenters. The number of pyridine rings is 1. The van der Waals surface area contributed by atoms with Gasteiger partial charge in [0.15, 0.2) is 0 Å². The fourth-order valence-corrected chi connectivity index (χ4v) is 4.22. The maximum Gasteiger partial charge on any atom is 0.250 e. The number of morpholine rings is 1. The highest BCUT2D eigenvalue weighted by molar-refractivity contribution is 5.76. The largest absolute Gasteiger partial charge is 0.379 e. The Morgan fingerprint density at radius 1 is 1.00 bits per heavy atom. The quantitative estimate of drug-likeness (QED) is 0.690. The molecule has 1 amide bonds. The number of amides is 1. The molecule has 0 saturated carbocycles. The summed E-state index contributed by atoms with van der Waals surface area (Å²) >= 11 is 0. The molecule has 1 saturated heterocycles. The van der Waals surface area contributed by atoms with Crippen LogP contribution in [-0.2, 0) is 35.3 Å². The lowest BCUT2D eigenvalue weighted by molar-refractivity contribution is -0.131. The van der Waals surface area contributed by atoms with E-state index in [0.29, 0.717) is 38.9 Å². The van der Waals surface area contributed by atoms with E-state index in [-0.39, 0.29) is 11.5 Å². The topological polar surface area (TPSA) is 80.6 Å². The molecule has 0 aromatic carbocycles. The summed E-state index contributed by atoms with van der Waals surface area (Å²) in [5.41, 5.74) is 3.29. The SMILES string of the molecule is O=C(CCc1cncnc1)N1CCc2ccc(=O)n(CCN3CCOCC3)c2CC1. The standard InChI is InChI=1S/C22H29N5O3/c28-21(3-1-18-15-23-17-24-16-18)26-7-5-19-2-4-22(29)27(20(19)6-8-26)10-9-25-11-13-30-14-12-25/h2,4,15-17H,1,3,5-14H2. The van der Waals surface area contributed by atoms with E-state index in [1.54, 1.807) is 18.5 Å². The van der Waals surface area contributed by atoms with Crippen LogP contribution in [0.4, 0.5) is 0 Å². The van der Waals surface area contributed by atoms with Gasteiger partial charge in [0.2, 0.25) is 5.91 Å². The summed E-state index contributed by atoms with van der Waals surface area (Å²) in [7, 11) is 0. The Kier molecular flexibility index (Phi) is 6.86. The van der Waals surface area contributed by atoms with Crippen molar-refractivity contribution in [2.75, 3.05) is 45.9 Å². The van der Waals surface area contributed by atoms with Crippen molar-refractivity contribution in [2.45, 2.75) is 32.2 Å². The minimum atomic E-state index is 0.0471. The molecule has 160 valence electrons. The van der Waals surface area contributed by atoms with Crippen LogP contribution in [0.25, 0.3) is 0 Å². The summed E-state index contributed by atoms with van der Waals surface area (Å²) in [5.74, 6) is 0.147. The van der Waals surface area contributed by atoms with Gasteiger partial charge in [-0.1, -0.05) is 6.07 Å². The molecule has 8 nitrogen and oxygen atoms in total. The third-order valence-electron chi connectivity index (χ3n) is 6.00. The second-order valence-corrected chi connectivity index (χ2v) is 7.88. The zero-order valence-electron chi connectivity index (χ0n) is 17.3. The first-order valence-corrected chi connectivity index (χ1v) is 10.7. The van der Waals surface area contributed by atoms with E-state index in [0.717, 1.165) is 50.5 Å². The Morgan fingerprint density at radius 2 is 1.77 bits per heavy atom. The molecule has 4 rings (SSSR count). The summed E-state index contributed by atoms with van der Waals surface area (Å²) in [4.78, 5) is 37.6. The van der Waals surface area contributed by atoms with Gasteiger partial charge in [0.05, 0.1) is 13.2 Å². The van der Waals surface area contributed by atoms with Crippen LogP contribution in [0.1, 0.15) is 23.2 Å². The molecule has 2 aliphatic rings.